The predicted molar refractivity (Wildman–Crippen MR) is 63.7 cm³/mol. The fourth-order valence-corrected chi connectivity index (χ4v) is 1.96. The van der Waals surface area contributed by atoms with Crippen molar-refractivity contribution in [1.29, 1.82) is 0 Å². The van der Waals surface area contributed by atoms with E-state index in [2.05, 4.69) is 5.32 Å². The summed E-state index contributed by atoms with van der Waals surface area (Å²) in [6.45, 7) is 0.768. The van der Waals surface area contributed by atoms with E-state index in [0.29, 0.717) is 17.1 Å². The van der Waals surface area contributed by atoms with Crippen LogP contribution in [0.25, 0.3) is 0 Å². The lowest BCUT2D eigenvalue weighted by atomic mass is 10.2. The molecule has 0 aliphatic carbocycles. The minimum atomic E-state index is -0.0417. The number of benzene rings is 1. The molecule has 0 saturated carbocycles. The lowest BCUT2D eigenvalue weighted by molar-refractivity contribution is -0.118. The second-order valence-corrected chi connectivity index (χ2v) is 4.27. The topological polar surface area (TPSA) is 38.3 Å². The van der Waals surface area contributed by atoms with Crippen LogP contribution < -0.4 is 5.32 Å². The highest BCUT2D eigenvalue weighted by Crippen LogP contribution is 2.21. The van der Waals surface area contributed by atoms with E-state index in [-0.39, 0.29) is 12.0 Å². The Labute approximate surface area is 99.7 Å². The number of carbonyl (C=O) groups is 1. The van der Waals surface area contributed by atoms with Gasteiger partial charge in [-0.3, -0.25) is 4.79 Å². The number of nitrogens with one attached hydrogen (secondary N) is 1. The quantitative estimate of drug-likeness (QED) is 0.881. The average molecular weight is 240 g/mol. The third-order valence-corrected chi connectivity index (χ3v) is 2.91. The molecule has 1 heterocycles. The smallest absolute Gasteiger partial charge is 0.227 e. The van der Waals surface area contributed by atoms with E-state index in [1.165, 1.54) is 0 Å². The third-order valence-electron chi connectivity index (χ3n) is 2.59. The molecule has 1 aromatic rings. The van der Waals surface area contributed by atoms with Crippen LogP contribution in [0.15, 0.2) is 24.3 Å². The lowest BCUT2D eigenvalue weighted by Crippen LogP contribution is -2.19. The van der Waals surface area contributed by atoms with Crippen molar-refractivity contribution in [3.05, 3.63) is 29.3 Å². The standard InChI is InChI=1S/C12H14ClNO2/c13-10-5-1-2-6-11(10)14-12(15)8-9-4-3-7-16-9/h1-2,5-6,9H,3-4,7-8H2,(H,14,15). The summed E-state index contributed by atoms with van der Waals surface area (Å²) in [6.07, 6.45) is 2.49. The highest BCUT2D eigenvalue weighted by atomic mass is 35.5. The maximum absolute atomic E-state index is 11.7. The molecule has 3 nitrogen and oxygen atoms in total. The van der Waals surface area contributed by atoms with Gasteiger partial charge in [-0.05, 0) is 25.0 Å². The van der Waals surface area contributed by atoms with Gasteiger partial charge in [-0.1, -0.05) is 23.7 Å². The van der Waals surface area contributed by atoms with Crippen LogP contribution in [0, 0.1) is 0 Å². The Morgan fingerprint density at radius 3 is 3.00 bits per heavy atom. The van der Waals surface area contributed by atoms with E-state index >= 15 is 0 Å². The molecule has 1 fully saturated rings. The van der Waals surface area contributed by atoms with E-state index in [9.17, 15) is 4.79 Å². The SMILES string of the molecule is O=C(CC1CCCO1)Nc1ccccc1Cl. The summed E-state index contributed by atoms with van der Waals surface area (Å²) in [6, 6.07) is 7.21. The predicted octanol–water partition coefficient (Wildman–Crippen LogP) is 2.85. The lowest BCUT2D eigenvalue weighted by Gasteiger charge is -2.10. The van der Waals surface area contributed by atoms with E-state index in [0.717, 1.165) is 19.4 Å². The van der Waals surface area contributed by atoms with Crippen molar-refractivity contribution >= 4 is 23.2 Å². The van der Waals surface area contributed by atoms with Crippen LogP contribution in [0.1, 0.15) is 19.3 Å². The van der Waals surface area contributed by atoms with E-state index in [4.69, 9.17) is 16.3 Å². The van der Waals surface area contributed by atoms with E-state index in [1.807, 2.05) is 12.1 Å². The maximum Gasteiger partial charge on any atom is 0.227 e. The number of hydrogen-bond donors (Lipinski definition) is 1. The number of anilines is 1. The molecule has 0 bridgehead atoms. The monoisotopic (exact) mass is 239 g/mol. The third kappa shape index (κ3) is 2.97. The molecule has 16 heavy (non-hydrogen) atoms. The van der Waals surface area contributed by atoms with Crippen LogP contribution in [0.4, 0.5) is 5.69 Å². The zero-order chi connectivity index (χ0) is 11.4. The van der Waals surface area contributed by atoms with Crippen molar-refractivity contribution in [3.8, 4) is 0 Å². The number of para-hydroxylation sites is 1. The summed E-state index contributed by atoms with van der Waals surface area (Å²) in [5.41, 5.74) is 0.659. The van der Waals surface area contributed by atoms with Gasteiger partial charge in [0.25, 0.3) is 0 Å². The Kier molecular flexibility index (Phi) is 3.80. The molecule has 86 valence electrons. The molecular formula is C12H14ClNO2. The Morgan fingerprint density at radius 2 is 2.31 bits per heavy atom. The molecule has 1 aliphatic rings. The normalized spacial score (nSPS) is 19.7. The largest absolute Gasteiger partial charge is 0.378 e. The van der Waals surface area contributed by atoms with E-state index in [1.54, 1.807) is 12.1 Å². The summed E-state index contributed by atoms with van der Waals surface area (Å²) in [5.74, 6) is -0.0417. The summed E-state index contributed by atoms with van der Waals surface area (Å²) < 4.78 is 5.40. The van der Waals surface area contributed by atoms with Gasteiger partial charge in [-0.2, -0.15) is 0 Å². The van der Waals surface area contributed by atoms with Gasteiger partial charge in [-0.15, -0.1) is 0 Å². The maximum atomic E-state index is 11.7. The fraction of sp³-hybridized carbons (Fsp3) is 0.417. The molecule has 0 spiro atoms. The van der Waals surface area contributed by atoms with Crippen molar-refractivity contribution in [2.45, 2.75) is 25.4 Å². The highest BCUT2D eigenvalue weighted by molar-refractivity contribution is 6.33. The first-order valence-electron chi connectivity index (χ1n) is 5.41. The molecule has 1 atom stereocenters. The molecule has 0 radical (unpaired) electrons. The van der Waals surface area contributed by atoms with Crippen molar-refractivity contribution < 1.29 is 9.53 Å². The van der Waals surface area contributed by atoms with Gasteiger partial charge in [0.15, 0.2) is 0 Å². The Hall–Kier alpha value is -1.06. The average Bonchev–Trinajstić information content (AvgIpc) is 2.74. The number of hydrogen-bond acceptors (Lipinski definition) is 2. The number of rotatable bonds is 3. The zero-order valence-corrected chi connectivity index (χ0v) is 9.67. The first kappa shape index (κ1) is 11.4. The molecule has 1 saturated heterocycles. The number of carbonyl (C=O) groups excluding carboxylic acids is 1. The molecular weight excluding hydrogens is 226 g/mol. The Bertz CT molecular complexity index is 375. The summed E-state index contributed by atoms with van der Waals surface area (Å²) in [5, 5.41) is 3.34. The van der Waals surface area contributed by atoms with Crippen LogP contribution in [-0.2, 0) is 9.53 Å². The Balaban J connectivity index is 1.89. The van der Waals surface area contributed by atoms with Crippen molar-refractivity contribution in [1.82, 2.24) is 0 Å². The molecule has 0 aromatic heterocycles. The van der Waals surface area contributed by atoms with Gasteiger partial charge in [-0.25, -0.2) is 0 Å². The number of amides is 1. The van der Waals surface area contributed by atoms with Crippen LogP contribution >= 0.6 is 11.6 Å². The molecule has 1 amide bonds. The summed E-state index contributed by atoms with van der Waals surface area (Å²) in [4.78, 5) is 11.7. The van der Waals surface area contributed by atoms with E-state index < -0.39 is 0 Å². The van der Waals surface area contributed by atoms with Crippen molar-refractivity contribution in [2.24, 2.45) is 0 Å². The van der Waals surface area contributed by atoms with Crippen LogP contribution in [-0.4, -0.2) is 18.6 Å². The summed E-state index contributed by atoms with van der Waals surface area (Å²) in [7, 11) is 0. The van der Waals surface area contributed by atoms with Gasteiger partial charge in [0, 0.05) is 6.61 Å². The molecule has 1 aliphatic heterocycles. The second-order valence-electron chi connectivity index (χ2n) is 3.87. The Morgan fingerprint density at radius 1 is 1.50 bits per heavy atom. The van der Waals surface area contributed by atoms with Crippen LogP contribution in [0.5, 0.6) is 0 Å². The molecule has 1 unspecified atom stereocenters. The number of ether oxygens (including phenoxy) is 1. The van der Waals surface area contributed by atoms with Crippen LogP contribution in [0.3, 0.4) is 0 Å². The molecule has 4 heteroatoms. The molecule has 1 N–H and O–H groups in total. The van der Waals surface area contributed by atoms with Gasteiger partial charge in [0.2, 0.25) is 5.91 Å². The van der Waals surface area contributed by atoms with Crippen molar-refractivity contribution in [2.75, 3.05) is 11.9 Å². The summed E-state index contributed by atoms with van der Waals surface area (Å²) >= 11 is 5.94. The van der Waals surface area contributed by atoms with Gasteiger partial charge >= 0.3 is 0 Å². The highest BCUT2D eigenvalue weighted by Gasteiger charge is 2.19. The van der Waals surface area contributed by atoms with Gasteiger partial charge in [0.05, 0.1) is 23.2 Å². The van der Waals surface area contributed by atoms with Crippen LogP contribution in [0.2, 0.25) is 5.02 Å². The minimum absolute atomic E-state index is 0.0417. The fourth-order valence-electron chi connectivity index (χ4n) is 1.78. The first-order chi connectivity index (χ1) is 7.75. The zero-order valence-electron chi connectivity index (χ0n) is 8.91. The van der Waals surface area contributed by atoms with Gasteiger partial charge in [0.1, 0.15) is 0 Å². The molecule has 1 aromatic carbocycles. The second kappa shape index (κ2) is 5.32. The minimum Gasteiger partial charge on any atom is -0.378 e. The molecule has 2 rings (SSSR count). The first-order valence-corrected chi connectivity index (χ1v) is 5.79. The number of halogens is 1. The van der Waals surface area contributed by atoms with Gasteiger partial charge < -0.3 is 10.1 Å². The van der Waals surface area contributed by atoms with Crippen molar-refractivity contribution in [3.63, 3.8) is 0 Å².